The zero-order chi connectivity index (χ0) is 13.2. The molecule has 0 bridgehead atoms. The van der Waals surface area contributed by atoms with Crippen LogP contribution in [-0.4, -0.2) is 35.1 Å². The molecule has 3 nitrogen and oxygen atoms in total. The summed E-state index contributed by atoms with van der Waals surface area (Å²) in [6.45, 7) is 6.82. The highest BCUT2D eigenvalue weighted by atomic mass is 16.4. The van der Waals surface area contributed by atoms with Crippen LogP contribution < -0.4 is 0 Å². The fourth-order valence-corrected chi connectivity index (χ4v) is 3.47. The van der Waals surface area contributed by atoms with E-state index in [0.717, 1.165) is 32.4 Å². The van der Waals surface area contributed by atoms with E-state index in [1.165, 1.54) is 25.7 Å². The topological polar surface area (TPSA) is 40.5 Å². The lowest BCUT2D eigenvalue weighted by molar-refractivity contribution is -0.145. The Bertz CT molecular complexity index is 291. The minimum atomic E-state index is -0.577. The summed E-state index contributed by atoms with van der Waals surface area (Å²) in [6.07, 6.45) is 7.86. The molecule has 2 aliphatic rings. The van der Waals surface area contributed by atoms with Crippen LogP contribution in [0, 0.1) is 11.3 Å². The van der Waals surface area contributed by atoms with Crippen LogP contribution in [0.4, 0.5) is 0 Å². The highest BCUT2D eigenvalue weighted by Gasteiger charge is 2.36. The van der Waals surface area contributed by atoms with Crippen LogP contribution in [-0.2, 0) is 4.79 Å². The Kier molecular flexibility index (Phi) is 4.31. The highest BCUT2D eigenvalue weighted by molar-refractivity contribution is 5.70. The molecule has 2 fully saturated rings. The number of piperidine rings is 1. The molecule has 2 atom stereocenters. The molecule has 1 aliphatic carbocycles. The normalized spacial score (nSPS) is 33.9. The second kappa shape index (κ2) is 5.60. The lowest BCUT2D eigenvalue weighted by atomic mass is 9.81. The molecular weight excluding hydrogens is 226 g/mol. The van der Waals surface area contributed by atoms with Gasteiger partial charge in [0.05, 0.1) is 5.92 Å². The number of carboxylic acid groups (broad SMARTS) is 1. The summed E-state index contributed by atoms with van der Waals surface area (Å²) in [5.41, 5.74) is 0.444. The predicted molar refractivity (Wildman–Crippen MR) is 72.6 cm³/mol. The Hall–Kier alpha value is -0.570. The van der Waals surface area contributed by atoms with Crippen LogP contribution in [0.5, 0.6) is 0 Å². The van der Waals surface area contributed by atoms with Crippen molar-refractivity contribution in [1.82, 2.24) is 4.90 Å². The van der Waals surface area contributed by atoms with Crippen molar-refractivity contribution in [3.8, 4) is 0 Å². The largest absolute Gasteiger partial charge is 0.481 e. The Morgan fingerprint density at radius 3 is 2.33 bits per heavy atom. The maximum atomic E-state index is 11.5. The summed E-state index contributed by atoms with van der Waals surface area (Å²) in [6, 6.07) is 0.293. The molecule has 3 heteroatoms. The van der Waals surface area contributed by atoms with Gasteiger partial charge in [-0.05, 0) is 44.2 Å². The molecule has 0 aromatic carbocycles. The molecule has 18 heavy (non-hydrogen) atoms. The Balaban J connectivity index is 2.02. The second-order valence-electron chi connectivity index (χ2n) is 6.85. The van der Waals surface area contributed by atoms with Crippen LogP contribution in [0.3, 0.4) is 0 Å². The first kappa shape index (κ1) is 13.9. The first-order chi connectivity index (χ1) is 8.49. The van der Waals surface area contributed by atoms with E-state index in [9.17, 15) is 9.90 Å². The van der Waals surface area contributed by atoms with Gasteiger partial charge in [0.25, 0.3) is 0 Å². The number of likely N-dealkylation sites (tertiary alicyclic amines) is 1. The minimum absolute atomic E-state index is 0.131. The fourth-order valence-electron chi connectivity index (χ4n) is 3.47. The molecule has 0 spiro atoms. The van der Waals surface area contributed by atoms with Crippen molar-refractivity contribution in [3.05, 3.63) is 0 Å². The third-order valence-electron chi connectivity index (χ3n) is 4.92. The molecule has 104 valence electrons. The quantitative estimate of drug-likeness (QED) is 0.769. The van der Waals surface area contributed by atoms with Gasteiger partial charge < -0.3 is 5.11 Å². The fraction of sp³-hybridized carbons (Fsp3) is 0.933. The van der Waals surface area contributed by atoms with Crippen LogP contribution in [0.15, 0.2) is 0 Å². The first-order valence-electron chi connectivity index (χ1n) is 7.46. The van der Waals surface area contributed by atoms with E-state index in [1.54, 1.807) is 0 Å². The van der Waals surface area contributed by atoms with E-state index in [2.05, 4.69) is 18.7 Å². The molecule has 2 unspecified atom stereocenters. The molecule has 1 heterocycles. The Morgan fingerprint density at radius 2 is 1.72 bits per heavy atom. The van der Waals surface area contributed by atoms with Crippen molar-refractivity contribution in [2.45, 2.75) is 64.8 Å². The number of hydrogen-bond acceptors (Lipinski definition) is 2. The molecule has 1 saturated carbocycles. The summed E-state index contributed by atoms with van der Waals surface area (Å²) in [7, 11) is 0. The van der Waals surface area contributed by atoms with Gasteiger partial charge >= 0.3 is 5.97 Å². The minimum Gasteiger partial charge on any atom is -0.481 e. The second-order valence-corrected chi connectivity index (χ2v) is 6.85. The van der Waals surface area contributed by atoms with Gasteiger partial charge in [0.2, 0.25) is 0 Å². The highest BCUT2D eigenvalue weighted by Crippen LogP contribution is 2.35. The van der Waals surface area contributed by atoms with Crippen molar-refractivity contribution in [1.29, 1.82) is 0 Å². The SMILES string of the molecule is CC1(C)CCN(C2CCCCCC2C(=O)O)CC1. The average molecular weight is 253 g/mol. The lowest BCUT2D eigenvalue weighted by Crippen LogP contribution is -2.48. The predicted octanol–water partition coefficient (Wildman–Crippen LogP) is 3.14. The Labute approximate surface area is 111 Å². The zero-order valence-corrected chi connectivity index (χ0v) is 11.8. The molecular formula is C15H27NO2. The van der Waals surface area contributed by atoms with Crippen molar-refractivity contribution in [3.63, 3.8) is 0 Å². The van der Waals surface area contributed by atoms with Gasteiger partial charge in [0.15, 0.2) is 0 Å². The van der Waals surface area contributed by atoms with E-state index in [1.807, 2.05) is 0 Å². The zero-order valence-electron chi connectivity index (χ0n) is 11.8. The number of hydrogen-bond donors (Lipinski definition) is 1. The van der Waals surface area contributed by atoms with Crippen molar-refractivity contribution in [2.24, 2.45) is 11.3 Å². The van der Waals surface area contributed by atoms with Gasteiger partial charge in [-0.3, -0.25) is 9.69 Å². The van der Waals surface area contributed by atoms with Gasteiger partial charge in [-0.2, -0.15) is 0 Å². The molecule has 1 N–H and O–H groups in total. The molecule has 1 saturated heterocycles. The number of aliphatic carboxylic acids is 1. The third kappa shape index (κ3) is 3.25. The van der Waals surface area contributed by atoms with Gasteiger partial charge in [0.1, 0.15) is 0 Å². The number of rotatable bonds is 2. The van der Waals surface area contributed by atoms with Crippen LogP contribution in [0.25, 0.3) is 0 Å². The van der Waals surface area contributed by atoms with Crippen LogP contribution in [0.2, 0.25) is 0 Å². The molecule has 0 amide bonds. The first-order valence-corrected chi connectivity index (χ1v) is 7.46. The van der Waals surface area contributed by atoms with Gasteiger partial charge in [-0.25, -0.2) is 0 Å². The lowest BCUT2D eigenvalue weighted by Gasteiger charge is -2.42. The molecule has 0 aromatic rings. The standard InChI is InChI=1S/C15H27NO2/c1-15(2)8-10-16(11-9-15)13-7-5-3-4-6-12(13)14(17)18/h12-13H,3-11H2,1-2H3,(H,17,18). The molecule has 0 aromatic heterocycles. The van der Waals surface area contributed by atoms with Crippen molar-refractivity contribution in [2.75, 3.05) is 13.1 Å². The maximum absolute atomic E-state index is 11.5. The summed E-state index contributed by atoms with van der Waals surface area (Å²) >= 11 is 0. The van der Waals surface area contributed by atoms with Crippen molar-refractivity contribution >= 4 is 5.97 Å². The molecule has 1 aliphatic heterocycles. The summed E-state index contributed by atoms with van der Waals surface area (Å²) in [5.74, 6) is -0.708. The summed E-state index contributed by atoms with van der Waals surface area (Å²) in [5, 5.41) is 9.44. The maximum Gasteiger partial charge on any atom is 0.308 e. The number of carboxylic acids is 1. The van der Waals surface area contributed by atoms with E-state index in [0.29, 0.717) is 11.5 Å². The molecule has 0 radical (unpaired) electrons. The number of carbonyl (C=O) groups is 1. The summed E-state index contributed by atoms with van der Waals surface area (Å²) in [4.78, 5) is 13.9. The monoisotopic (exact) mass is 253 g/mol. The van der Waals surface area contributed by atoms with Gasteiger partial charge in [0, 0.05) is 6.04 Å². The average Bonchev–Trinajstić information content (AvgIpc) is 2.54. The van der Waals surface area contributed by atoms with Gasteiger partial charge in [-0.1, -0.05) is 33.1 Å². The van der Waals surface area contributed by atoms with E-state index in [4.69, 9.17) is 0 Å². The molecule has 2 rings (SSSR count). The van der Waals surface area contributed by atoms with Crippen molar-refractivity contribution < 1.29 is 9.90 Å². The van der Waals surface area contributed by atoms with Gasteiger partial charge in [-0.15, -0.1) is 0 Å². The van der Waals surface area contributed by atoms with Crippen LogP contribution in [0.1, 0.15) is 58.8 Å². The van der Waals surface area contributed by atoms with E-state index >= 15 is 0 Å². The summed E-state index contributed by atoms with van der Waals surface area (Å²) < 4.78 is 0. The van der Waals surface area contributed by atoms with E-state index < -0.39 is 5.97 Å². The van der Waals surface area contributed by atoms with Crippen LogP contribution >= 0.6 is 0 Å². The number of nitrogens with zero attached hydrogens (tertiary/aromatic N) is 1. The van der Waals surface area contributed by atoms with E-state index in [-0.39, 0.29) is 5.92 Å². The Morgan fingerprint density at radius 1 is 1.11 bits per heavy atom. The smallest absolute Gasteiger partial charge is 0.308 e. The third-order valence-corrected chi connectivity index (χ3v) is 4.92.